The quantitative estimate of drug-likeness (QED) is 0.427. The summed E-state index contributed by atoms with van der Waals surface area (Å²) in [5.74, 6) is 2.29. The summed E-state index contributed by atoms with van der Waals surface area (Å²) >= 11 is 0.927. The second kappa shape index (κ2) is 5.52. The van der Waals surface area contributed by atoms with E-state index in [0.29, 0.717) is 0 Å². The average Bonchev–Trinajstić information content (AvgIpc) is 1.61. The zero-order valence-electron chi connectivity index (χ0n) is 4.53. The molecule has 0 spiro atoms. The minimum atomic E-state index is 0.927. The number of unbranched alkanes of at least 4 members (excludes halogenated alkanes) is 1. The normalized spacial score (nSPS) is 9.00. The van der Waals surface area contributed by atoms with Crippen LogP contribution in [0.2, 0.25) is 11.1 Å². The molecule has 0 saturated carbocycles. The third kappa shape index (κ3) is 4.52. The van der Waals surface area contributed by atoms with Crippen LogP contribution in [0.4, 0.5) is 0 Å². The van der Waals surface area contributed by atoms with Gasteiger partial charge in [-0.25, -0.2) is 0 Å². The molecule has 0 saturated heterocycles. The van der Waals surface area contributed by atoms with Gasteiger partial charge in [-0.3, -0.25) is 0 Å². The van der Waals surface area contributed by atoms with Crippen molar-refractivity contribution in [2.45, 2.75) is 30.9 Å². The molecule has 6 heavy (non-hydrogen) atoms. The Morgan fingerprint density at radius 2 is 2.17 bits per heavy atom. The van der Waals surface area contributed by atoms with E-state index in [1.165, 1.54) is 18.2 Å². The zero-order chi connectivity index (χ0) is 4.83. The Hall–Kier alpha value is 0.519. The Bertz CT molecular complexity index is 15.9. The summed E-state index contributed by atoms with van der Waals surface area (Å²) in [6.45, 7) is 2.24. The number of rotatable bonds is 3. The first-order valence-electron chi connectivity index (χ1n) is 2.40. The molecule has 0 aliphatic heterocycles. The van der Waals surface area contributed by atoms with Crippen LogP contribution in [0.3, 0.4) is 0 Å². The number of hydrogen-bond donors (Lipinski definition) is 0. The molecule has 1 heteroatoms. The molecule has 0 fully saturated rings. The van der Waals surface area contributed by atoms with Gasteiger partial charge in [0.1, 0.15) is 0 Å². The van der Waals surface area contributed by atoms with E-state index in [-0.39, 0.29) is 0 Å². The second-order valence-electron chi connectivity index (χ2n) is 1.35. The summed E-state index contributed by atoms with van der Waals surface area (Å²) in [5, 5.41) is 1.48. The van der Waals surface area contributed by atoms with Gasteiger partial charge in [-0.15, -0.1) is 0 Å². The average molecular weight is 151 g/mol. The van der Waals surface area contributed by atoms with E-state index in [9.17, 15) is 0 Å². The van der Waals surface area contributed by atoms with Gasteiger partial charge in [-0.2, -0.15) is 0 Å². The van der Waals surface area contributed by atoms with Crippen LogP contribution in [0.1, 0.15) is 19.8 Å². The van der Waals surface area contributed by atoms with E-state index in [0.717, 1.165) is 15.0 Å². The molecule has 0 nitrogen and oxygen atoms in total. The summed E-state index contributed by atoms with van der Waals surface area (Å²) in [6.07, 6.45) is 2.81. The molecule has 0 aromatic heterocycles. The molecular weight excluding hydrogens is 139 g/mol. The Labute approximate surface area is 46.5 Å². The predicted octanol–water partition coefficient (Wildman–Crippen LogP) is 1.96. The van der Waals surface area contributed by atoms with Gasteiger partial charge in [-0.05, 0) is 0 Å². The van der Waals surface area contributed by atoms with E-state index in [1.807, 2.05) is 0 Å². The van der Waals surface area contributed by atoms with Gasteiger partial charge in [0.2, 0.25) is 0 Å². The van der Waals surface area contributed by atoms with E-state index >= 15 is 0 Å². The van der Waals surface area contributed by atoms with E-state index in [1.54, 1.807) is 0 Å². The molecular formula is C5H12Se. The van der Waals surface area contributed by atoms with E-state index in [2.05, 4.69) is 12.7 Å². The summed E-state index contributed by atoms with van der Waals surface area (Å²) in [4.78, 5) is 0. The monoisotopic (exact) mass is 152 g/mol. The van der Waals surface area contributed by atoms with Gasteiger partial charge in [0.05, 0.1) is 0 Å². The van der Waals surface area contributed by atoms with Gasteiger partial charge < -0.3 is 0 Å². The van der Waals surface area contributed by atoms with Crippen molar-refractivity contribution >= 4 is 15.0 Å². The van der Waals surface area contributed by atoms with Crippen LogP contribution >= 0.6 is 0 Å². The van der Waals surface area contributed by atoms with Gasteiger partial charge in [0, 0.05) is 0 Å². The van der Waals surface area contributed by atoms with Crippen LogP contribution in [0.25, 0.3) is 0 Å². The first-order valence-corrected chi connectivity index (χ1v) is 5.33. The van der Waals surface area contributed by atoms with Crippen LogP contribution in [0.15, 0.2) is 0 Å². The predicted molar refractivity (Wildman–Crippen MR) is 31.3 cm³/mol. The Morgan fingerprint density at radius 1 is 1.50 bits per heavy atom. The summed E-state index contributed by atoms with van der Waals surface area (Å²) in [6, 6.07) is 0. The van der Waals surface area contributed by atoms with Gasteiger partial charge in [-0.1, -0.05) is 0 Å². The Balaban J connectivity index is 2.34. The minimum absolute atomic E-state index is 0.927. The molecule has 0 aliphatic carbocycles. The van der Waals surface area contributed by atoms with Gasteiger partial charge >= 0.3 is 45.9 Å². The summed E-state index contributed by atoms with van der Waals surface area (Å²) in [7, 11) is 0. The van der Waals surface area contributed by atoms with Crippen molar-refractivity contribution in [3.8, 4) is 0 Å². The molecule has 0 N–H and O–H groups in total. The molecule has 0 bridgehead atoms. The summed E-state index contributed by atoms with van der Waals surface area (Å²) in [5.41, 5.74) is 0. The van der Waals surface area contributed by atoms with Crippen molar-refractivity contribution in [1.29, 1.82) is 0 Å². The molecule has 0 rings (SSSR count). The maximum atomic E-state index is 2.29. The molecule has 0 atom stereocenters. The fourth-order valence-corrected chi connectivity index (χ4v) is 1.50. The van der Waals surface area contributed by atoms with Gasteiger partial charge in [0.25, 0.3) is 0 Å². The molecule has 0 amide bonds. The second-order valence-corrected chi connectivity index (χ2v) is 3.41. The van der Waals surface area contributed by atoms with Crippen molar-refractivity contribution in [2.24, 2.45) is 0 Å². The van der Waals surface area contributed by atoms with Crippen molar-refractivity contribution in [3.63, 3.8) is 0 Å². The third-order valence-corrected chi connectivity index (χ3v) is 2.16. The standard InChI is InChI=1S/C5H12Se/c1-3-4-5-6-2/h3-5H2,1-2H3. The number of hydrogen-bond acceptors (Lipinski definition) is 0. The molecule has 0 radical (unpaired) electrons. The fraction of sp³-hybridized carbons (Fsp3) is 1.00. The zero-order valence-corrected chi connectivity index (χ0v) is 6.24. The van der Waals surface area contributed by atoms with Crippen molar-refractivity contribution in [3.05, 3.63) is 0 Å². The Morgan fingerprint density at radius 3 is 2.33 bits per heavy atom. The topological polar surface area (TPSA) is 0 Å². The molecule has 0 heterocycles. The molecule has 0 unspecified atom stereocenters. The van der Waals surface area contributed by atoms with Crippen LogP contribution in [0, 0.1) is 0 Å². The van der Waals surface area contributed by atoms with Crippen LogP contribution < -0.4 is 0 Å². The first kappa shape index (κ1) is 6.52. The fourth-order valence-electron chi connectivity index (χ4n) is 0.289. The molecule has 0 aliphatic rings. The van der Waals surface area contributed by atoms with Crippen LogP contribution in [-0.4, -0.2) is 15.0 Å². The first-order chi connectivity index (χ1) is 2.91. The van der Waals surface area contributed by atoms with Crippen molar-refractivity contribution in [2.75, 3.05) is 0 Å². The van der Waals surface area contributed by atoms with Crippen molar-refractivity contribution < 1.29 is 0 Å². The maximum absolute atomic E-state index is 2.29. The summed E-state index contributed by atoms with van der Waals surface area (Å²) < 4.78 is 0. The molecule has 38 valence electrons. The molecule has 0 aromatic rings. The van der Waals surface area contributed by atoms with Crippen LogP contribution in [-0.2, 0) is 0 Å². The SMILES string of the molecule is CCCC[Se]C. The third-order valence-electron chi connectivity index (χ3n) is 0.702. The molecule has 0 aromatic carbocycles. The van der Waals surface area contributed by atoms with E-state index in [4.69, 9.17) is 0 Å². The Kier molecular flexibility index (Phi) is 6.00. The van der Waals surface area contributed by atoms with Crippen molar-refractivity contribution in [1.82, 2.24) is 0 Å². The van der Waals surface area contributed by atoms with Crippen LogP contribution in [0.5, 0.6) is 0 Å². The van der Waals surface area contributed by atoms with Gasteiger partial charge in [0.15, 0.2) is 0 Å². The van der Waals surface area contributed by atoms with E-state index < -0.39 is 0 Å².